The number of rotatable bonds is 22. The third kappa shape index (κ3) is 11.2. The molecule has 0 heterocycles. The summed E-state index contributed by atoms with van der Waals surface area (Å²) in [6.07, 6.45) is 10.7. The highest BCUT2D eigenvalue weighted by Crippen LogP contribution is 2.60. The first kappa shape index (κ1) is 61.3. The Morgan fingerprint density at radius 3 is 1.38 bits per heavy atom. The molecular weight excluding hydrogens is 1170 g/mol. The molecular formula is C95H83NO. The number of hydrogen-bond acceptors (Lipinski definition) is 2. The van der Waals surface area contributed by atoms with Gasteiger partial charge in [0, 0.05) is 17.1 Å². The van der Waals surface area contributed by atoms with E-state index in [2.05, 4.69) is 341 Å². The van der Waals surface area contributed by atoms with Crippen molar-refractivity contribution < 1.29 is 4.74 Å². The zero-order chi connectivity index (χ0) is 65.3. The van der Waals surface area contributed by atoms with Crippen LogP contribution < -0.4 is 9.64 Å². The van der Waals surface area contributed by atoms with Gasteiger partial charge in [-0.2, -0.15) is 0 Å². The van der Waals surface area contributed by atoms with Crippen LogP contribution in [0.4, 0.5) is 17.1 Å². The van der Waals surface area contributed by atoms with E-state index in [1.54, 1.807) is 0 Å². The van der Waals surface area contributed by atoms with E-state index in [0.717, 1.165) is 47.6 Å². The van der Waals surface area contributed by atoms with Gasteiger partial charge in [0.05, 0.1) is 10.8 Å². The lowest BCUT2D eigenvalue weighted by molar-refractivity contribution is 0.306. The van der Waals surface area contributed by atoms with Crippen LogP contribution in [0.3, 0.4) is 0 Å². The minimum atomic E-state index is -0.672. The third-order valence-corrected chi connectivity index (χ3v) is 21.9. The average molecular weight is 1250 g/mol. The number of hydrogen-bond donors (Lipinski definition) is 0. The second-order valence-electron chi connectivity index (χ2n) is 27.4. The molecule has 0 saturated carbocycles. The van der Waals surface area contributed by atoms with Crippen LogP contribution in [-0.4, -0.2) is 0 Å². The van der Waals surface area contributed by atoms with Gasteiger partial charge in [-0.3, -0.25) is 0 Å². The van der Waals surface area contributed by atoms with Crippen molar-refractivity contribution in [2.24, 2.45) is 0 Å². The molecule has 474 valence electrons. The maximum absolute atomic E-state index is 6.76. The Labute approximate surface area is 574 Å². The van der Waals surface area contributed by atoms with Crippen LogP contribution in [0, 0.1) is 0 Å². The summed E-state index contributed by atoms with van der Waals surface area (Å²) in [4.78, 5) is 2.51. The summed E-state index contributed by atoms with van der Waals surface area (Å²) < 4.78 is 6.76. The van der Waals surface area contributed by atoms with Crippen molar-refractivity contribution in [3.05, 3.63) is 393 Å². The summed E-state index contributed by atoms with van der Waals surface area (Å²) >= 11 is 0. The van der Waals surface area contributed by atoms with E-state index in [9.17, 15) is 0 Å². The van der Waals surface area contributed by atoms with Crippen LogP contribution >= 0.6 is 0 Å². The smallest absolute Gasteiger partial charge is 0.119 e. The molecule has 0 aromatic heterocycles. The number of anilines is 3. The Bertz CT molecular complexity index is 4860. The molecule has 3 aliphatic carbocycles. The van der Waals surface area contributed by atoms with Gasteiger partial charge in [-0.25, -0.2) is 0 Å². The lowest BCUT2D eigenvalue weighted by Gasteiger charge is -2.36. The normalized spacial score (nSPS) is 15.0. The molecule has 3 atom stereocenters. The predicted octanol–water partition coefficient (Wildman–Crippen LogP) is 24.7. The number of unbranched alkanes of at least 4 members (excludes halogenated alkanes) is 3. The third-order valence-electron chi connectivity index (χ3n) is 21.9. The number of aryl methyl sites for hydroxylation is 3. The first-order valence-corrected chi connectivity index (χ1v) is 35.6. The maximum atomic E-state index is 6.76. The fourth-order valence-electron chi connectivity index (χ4n) is 16.7. The summed E-state index contributed by atoms with van der Waals surface area (Å²) in [5.41, 5.74) is 30.5. The van der Waals surface area contributed by atoms with Gasteiger partial charge in [0.2, 0.25) is 0 Å². The van der Waals surface area contributed by atoms with Gasteiger partial charge < -0.3 is 9.64 Å². The van der Waals surface area contributed by atoms with Crippen molar-refractivity contribution in [2.75, 3.05) is 4.90 Å². The minimum Gasteiger partial charge on any atom is -0.489 e. The topological polar surface area (TPSA) is 12.5 Å². The average Bonchev–Trinajstić information content (AvgIpc) is 1.54. The summed E-state index contributed by atoms with van der Waals surface area (Å²) in [6, 6.07) is 119. The number of fused-ring (bicyclic) bond motifs is 7. The molecule has 2 heteroatoms. The molecule has 0 radical (unpaired) electrons. The fraction of sp³-hybridized carbons (Fsp3) is 0.179. The van der Waals surface area contributed by atoms with E-state index in [-0.39, 0.29) is 0 Å². The molecule has 0 N–H and O–H groups in total. The van der Waals surface area contributed by atoms with Crippen LogP contribution in [0.5, 0.6) is 5.75 Å². The second kappa shape index (κ2) is 26.6. The van der Waals surface area contributed by atoms with Crippen molar-refractivity contribution in [3.8, 4) is 50.3 Å². The summed E-state index contributed by atoms with van der Waals surface area (Å²) in [5.74, 6) is 1.76. The Morgan fingerprint density at radius 1 is 0.361 bits per heavy atom. The van der Waals surface area contributed by atoms with Crippen LogP contribution in [-0.2, 0) is 36.7 Å². The van der Waals surface area contributed by atoms with Gasteiger partial charge in [-0.05, 0) is 221 Å². The minimum absolute atomic E-state index is 0.420. The SMILES string of the molecule is CCCCCCc1ccc(C2(c3ccc(OCc4ccc(C(C)CC(CC)c5ccc(-c6ccc7c(c6)CC7)cc5)cc4)cc3)c3ccccc3-c3ccc(N(c4ccc(-c5ccccc5)cc4)c4ccc5c(c4)C(c4ccccc4)(c4ccccc4)c4ccccc4-5)cc32)cc1. The van der Waals surface area contributed by atoms with Crippen molar-refractivity contribution in [1.82, 2.24) is 0 Å². The number of benzene rings is 13. The lowest BCUT2D eigenvalue weighted by atomic mass is 9.67. The first-order valence-electron chi connectivity index (χ1n) is 35.6. The Balaban J connectivity index is 0.759. The Morgan fingerprint density at radius 2 is 0.825 bits per heavy atom. The van der Waals surface area contributed by atoms with Crippen molar-refractivity contribution in [3.63, 3.8) is 0 Å². The largest absolute Gasteiger partial charge is 0.489 e. The van der Waals surface area contributed by atoms with Gasteiger partial charge in [0.25, 0.3) is 0 Å². The predicted molar refractivity (Wildman–Crippen MR) is 405 cm³/mol. The van der Waals surface area contributed by atoms with Crippen LogP contribution in [0.15, 0.2) is 315 Å². The highest BCUT2D eigenvalue weighted by molar-refractivity contribution is 5.92. The summed E-state index contributed by atoms with van der Waals surface area (Å²) in [7, 11) is 0. The zero-order valence-corrected chi connectivity index (χ0v) is 56.1. The van der Waals surface area contributed by atoms with E-state index in [1.807, 2.05) is 0 Å². The molecule has 2 nitrogen and oxygen atoms in total. The van der Waals surface area contributed by atoms with E-state index < -0.39 is 10.8 Å². The highest BCUT2D eigenvalue weighted by Gasteiger charge is 2.48. The van der Waals surface area contributed by atoms with E-state index in [4.69, 9.17) is 4.74 Å². The molecule has 0 fully saturated rings. The van der Waals surface area contributed by atoms with E-state index in [0.29, 0.717) is 18.4 Å². The molecule has 0 aliphatic heterocycles. The molecule has 0 saturated heterocycles. The Hall–Kier alpha value is -10.5. The van der Waals surface area contributed by atoms with Crippen LogP contribution in [0.2, 0.25) is 0 Å². The zero-order valence-electron chi connectivity index (χ0n) is 56.1. The standard InChI is InChI=1S/C95H83NO/c1-4-6-7-11-22-67-35-49-80(50-36-67)95(81-51-57-85(58-52-81)97-65-68-33-37-70(38-34-68)66(3)61-69(5-2)72-39-41-74(42-40-72)76-45-43-75-44-46-77(75)62-76)91-32-21-19-30-87(91)89-60-56-84(64-93(89)95)96(82-53-47-73(48-54-82)71-23-12-8-13-24-71)83-55-59-88-86-29-18-20-31-90(86)94(92(88)63-83,78-25-14-9-15-26-78)79-27-16-10-17-28-79/h8-10,12-21,23-43,45,47-60,62-64,66,69H,4-7,11,22,44,46,61,65H2,1-3H3. The molecule has 3 unspecified atom stereocenters. The summed E-state index contributed by atoms with van der Waals surface area (Å²) in [5, 5.41) is 0. The fourth-order valence-corrected chi connectivity index (χ4v) is 16.7. The number of ether oxygens (including phenoxy) is 1. The highest BCUT2D eigenvalue weighted by atomic mass is 16.5. The van der Waals surface area contributed by atoms with Crippen LogP contribution in [0.1, 0.15) is 149 Å². The van der Waals surface area contributed by atoms with E-state index in [1.165, 1.54) is 155 Å². The van der Waals surface area contributed by atoms with Gasteiger partial charge in [0.15, 0.2) is 0 Å². The van der Waals surface area contributed by atoms with Gasteiger partial charge in [0.1, 0.15) is 12.4 Å². The van der Waals surface area contributed by atoms with Gasteiger partial charge >= 0.3 is 0 Å². The van der Waals surface area contributed by atoms with Gasteiger partial charge in [-0.1, -0.05) is 307 Å². The van der Waals surface area contributed by atoms with Crippen LogP contribution in [0.25, 0.3) is 44.5 Å². The van der Waals surface area contributed by atoms with Crippen molar-refractivity contribution in [2.45, 2.75) is 108 Å². The molecule has 13 aromatic rings. The molecule has 16 rings (SSSR count). The van der Waals surface area contributed by atoms with Gasteiger partial charge in [-0.15, -0.1) is 0 Å². The van der Waals surface area contributed by atoms with Crippen molar-refractivity contribution in [1.29, 1.82) is 0 Å². The molecule has 0 amide bonds. The monoisotopic (exact) mass is 1250 g/mol. The Kier molecular flexibility index (Phi) is 16.8. The first-order chi connectivity index (χ1) is 47.9. The second-order valence-corrected chi connectivity index (χ2v) is 27.4. The maximum Gasteiger partial charge on any atom is 0.119 e. The molecule has 0 bridgehead atoms. The molecule has 3 aliphatic rings. The molecule has 13 aromatic carbocycles. The van der Waals surface area contributed by atoms with E-state index >= 15 is 0 Å². The summed E-state index contributed by atoms with van der Waals surface area (Å²) in [6.45, 7) is 7.50. The lowest BCUT2D eigenvalue weighted by Crippen LogP contribution is -2.29. The van der Waals surface area contributed by atoms with Crippen molar-refractivity contribution >= 4 is 17.1 Å². The number of nitrogens with zero attached hydrogens (tertiary/aromatic N) is 1. The molecule has 0 spiro atoms. The molecule has 97 heavy (non-hydrogen) atoms. The quantitative estimate of drug-likeness (QED) is 0.0627.